The van der Waals surface area contributed by atoms with Crippen LogP contribution in [0.1, 0.15) is 31.4 Å². The molecule has 10 nitrogen and oxygen atoms in total. The van der Waals surface area contributed by atoms with Crippen LogP contribution < -0.4 is 10.4 Å². The van der Waals surface area contributed by atoms with E-state index in [1.54, 1.807) is 12.2 Å². The van der Waals surface area contributed by atoms with Crippen LogP contribution in [0.5, 0.6) is 5.75 Å². The number of amides is 1. The predicted octanol–water partition coefficient (Wildman–Crippen LogP) is 4.10. The average Bonchev–Trinajstić information content (AvgIpc) is 3.02. The quantitative estimate of drug-likeness (QED) is 0.378. The summed E-state index contributed by atoms with van der Waals surface area (Å²) < 4.78 is 10.6. The van der Waals surface area contributed by atoms with Crippen molar-refractivity contribution in [3.05, 3.63) is 85.4 Å². The Morgan fingerprint density at radius 2 is 1.94 bits per heavy atom. The molecule has 1 N–H and O–H groups in total. The first-order valence-electron chi connectivity index (χ1n) is 10.6. The van der Waals surface area contributed by atoms with E-state index in [1.165, 1.54) is 49.3 Å². The molecule has 0 aliphatic heterocycles. The summed E-state index contributed by atoms with van der Waals surface area (Å²) in [4.78, 5) is 47.8. The molecule has 180 valence electrons. The van der Waals surface area contributed by atoms with E-state index in [0.29, 0.717) is 11.0 Å². The molecule has 3 rings (SSSR count). The number of hydrogen-bond acceptors (Lipinski definition) is 7. The molecule has 1 aromatic carbocycles. The molecule has 0 unspecified atom stereocenters. The van der Waals surface area contributed by atoms with Crippen LogP contribution in [0.25, 0.3) is 11.0 Å². The molecule has 0 saturated carbocycles. The van der Waals surface area contributed by atoms with Gasteiger partial charge < -0.3 is 19.2 Å². The van der Waals surface area contributed by atoms with Gasteiger partial charge in [-0.25, -0.2) is 9.59 Å². The van der Waals surface area contributed by atoms with Crippen molar-refractivity contribution in [1.82, 2.24) is 4.90 Å². The van der Waals surface area contributed by atoms with Crippen LogP contribution in [0.4, 0.5) is 4.79 Å². The molecule has 1 aliphatic rings. The molecule has 0 fully saturated rings. The van der Waals surface area contributed by atoms with E-state index in [2.05, 4.69) is 0 Å². The first-order chi connectivity index (χ1) is 16.2. The van der Waals surface area contributed by atoms with E-state index in [4.69, 9.17) is 9.15 Å². The molecule has 0 saturated heterocycles. The number of ether oxygens (including phenoxy) is 1. The molecule has 0 spiro atoms. The van der Waals surface area contributed by atoms with Crippen LogP contribution in [0.15, 0.2) is 63.0 Å². The highest BCUT2D eigenvalue weighted by Gasteiger charge is 2.20. The third-order valence-electron chi connectivity index (χ3n) is 4.78. The highest BCUT2D eigenvalue weighted by Crippen LogP contribution is 2.27. The number of nitro groups is 1. The van der Waals surface area contributed by atoms with Crippen molar-refractivity contribution in [1.29, 1.82) is 0 Å². The fourth-order valence-electron chi connectivity index (χ4n) is 3.20. The van der Waals surface area contributed by atoms with Gasteiger partial charge in [0.2, 0.25) is 5.70 Å². The first kappa shape index (κ1) is 26.0. The Morgan fingerprint density at radius 1 is 1.24 bits per heavy atom. The van der Waals surface area contributed by atoms with Crippen molar-refractivity contribution >= 4 is 23.0 Å². The van der Waals surface area contributed by atoms with Gasteiger partial charge in [-0.2, -0.15) is 0 Å². The van der Waals surface area contributed by atoms with E-state index in [-0.39, 0.29) is 41.0 Å². The molecule has 0 atom stereocenters. The highest BCUT2D eigenvalue weighted by molar-refractivity contribution is 5.87. The van der Waals surface area contributed by atoms with Crippen LogP contribution in [0.3, 0.4) is 0 Å². The first-order valence-corrected chi connectivity index (χ1v) is 10.6. The lowest BCUT2D eigenvalue weighted by molar-refractivity contribution is -0.426. The summed E-state index contributed by atoms with van der Waals surface area (Å²) in [5, 5.41) is 20.8. The Balaban J connectivity index is 0.00000199. The second kappa shape index (κ2) is 11.6. The minimum absolute atomic E-state index is 0.00681. The number of allylic oxidation sites excluding steroid dienone is 5. The molecule has 1 amide bonds. The number of carbonyl (C=O) groups is 2. The van der Waals surface area contributed by atoms with Gasteiger partial charge in [-0.3, -0.25) is 14.9 Å². The number of carboxylic acids is 1. The normalized spacial score (nSPS) is 12.6. The summed E-state index contributed by atoms with van der Waals surface area (Å²) in [5.41, 5.74) is 0.404. The molecule has 0 radical (unpaired) electrons. The van der Waals surface area contributed by atoms with Gasteiger partial charge >= 0.3 is 17.7 Å². The maximum atomic E-state index is 12.8. The fraction of sp³-hybridized carbons (Fsp3) is 0.292. The minimum atomic E-state index is -1.14. The zero-order valence-corrected chi connectivity index (χ0v) is 19.4. The van der Waals surface area contributed by atoms with Crippen molar-refractivity contribution < 1.29 is 28.8 Å². The average molecular weight is 470 g/mol. The standard InChI is InChI=1S/C22H20N2O8.C2H6/c1-23(2)22(28)31-15-8-9-16-17(12-20(25)26)18(21(27)32-19(16)11-15)10-13-4-3-5-14(7-6-13)24(29)30;1-2/h3-6,8-9,11H,7,10,12H2,1-2H3,(H,25,26);1-2H3. The van der Waals surface area contributed by atoms with Crippen molar-refractivity contribution in [3.8, 4) is 5.75 Å². The SMILES string of the molecule is CC.CN(C)C(=O)Oc1ccc2c(CC(=O)O)c(CC3=CCC([N+](=O)[O-])=CC=C3)c(=O)oc2c1. The van der Waals surface area contributed by atoms with Crippen LogP contribution in [-0.2, 0) is 17.6 Å². The summed E-state index contributed by atoms with van der Waals surface area (Å²) in [5.74, 6) is -0.995. The van der Waals surface area contributed by atoms with Gasteiger partial charge in [-0.05, 0) is 23.3 Å². The lowest BCUT2D eigenvalue weighted by Crippen LogP contribution is -2.25. The molecule has 2 aromatic rings. The monoisotopic (exact) mass is 470 g/mol. The molecule has 1 aromatic heterocycles. The maximum absolute atomic E-state index is 12.8. The number of benzene rings is 1. The smallest absolute Gasteiger partial charge is 0.414 e. The van der Waals surface area contributed by atoms with Crippen molar-refractivity contribution in [3.63, 3.8) is 0 Å². The molecular weight excluding hydrogens is 444 g/mol. The molecule has 1 aliphatic carbocycles. The third kappa shape index (κ3) is 6.41. The number of aliphatic carboxylic acids is 1. The number of rotatable bonds is 6. The van der Waals surface area contributed by atoms with E-state index in [0.717, 1.165) is 0 Å². The lowest BCUT2D eigenvalue weighted by atomic mass is 9.96. The largest absolute Gasteiger partial charge is 0.481 e. The Bertz CT molecular complexity index is 1250. The highest BCUT2D eigenvalue weighted by atomic mass is 16.6. The zero-order chi connectivity index (χ0) is 25.4. The molecule has 1 heterocycles. The summed E-state index contributed by atoms with van der Waals surface area (Å²) in [6.07, 6.45) is 5.22. The van der Waals surface area contributed by atoms with Crippen LogP contribution >= 0.6 is 0 Å². The second-order valence-corrected chi connectivity index (χ2v) is 7.27. The molecular formula is C24H26N2O8. The van der Waals surface area contributed by atoms with Crippen LogP contribution in [-0.4, -0.2) is 41.1 Å². The van der Waals surface area contributed by atoms with Crippen LogP contribution in [0, 0.1) is 10.1 Å². The van der Waals surface area contributed by atoms with Gasteiger partial charge in [0, 0.05) is 43.6 Å². The topological polar surface area (TPSA) is 140 Å². The van der Waals surface area contributed by atoms with E-state index < -0.39 is 29.0 Å². The van der Waals surface area contributed by atoms with Crippen LogP contribution in [0.2, 0.25) is 0 Å². The lowest BCUT2D eigenvalue weighted by Gasteiger charge is -2.13. The van der Waals surface area contributed by atoms with Gasteiger partial charge in [0.05, 0.1) is 17.8 Å². The van der Waals surface area contributed by atoms with Crippen molar-refractivity contribution in [2.75, 3.05) is 14.1 Å². The van der Waals surface area contributed by atoms with Gasteiger partial charge in [0.15, 0.2) is 0 Å². The Morgan fingerprint density at radius 3 is 2.56 bits per heavy atom. The number of carboxylic acid groups (broad SMARTS) is 1. The molecule has 10 heteroatoms. The maximum Gasteiger partial charge on any atom is 0.414 e. The van der Waals surface area contributed by atoms with E-state index in [1.807, 2.05) is 13.8 Å². The van der Waals surface area contributed by atoms with Crippen molar-refractivity contribution in [2.45, 2.75) is 33.1 Å². The van der Waals surface area contributed by atoms with Crippen molar-refractivity contribution in [2.24, 2.45) is 0 Å². The Kier molecular flexibility index (Phi) is 8.88. The van der Waals surface area contributed by atoms with E-state index >= 15 is 0 Å². The van der Waals surface area contributed by atoms with Gasteiger partial charge in [0.25, 0.3) is 0 Å². The summed E-state index contributed by atoms with van der Waals surface area (Å²) >= 11 is 0. The number of fused-ring (bicyclic) bond motifs is 1. The molecule has 34 heavy (non-hydrogen) atoms. The molecule has 0 bridgehead atoms. The summed E-state index contributed by atoms with van der Waals surface area (Å²) in [6, 6.07) is 4.37. The third-order valence-corrected chi connectivity index (χ3v) is 4.78. The fourth-order valence-corrected chi connectivity index (χ4v) is 3.20. The number of nitrogens with zero attached hydrogens (tertiary/aromatic N) is 2. The van der Waals surface area contributed by atoms with Gasteiger partial charge in [0.1, 0.15) is 11.3 Å². The Hall–Kier alpha value is -4.21. The van der Waals surface area contributed by atoms with E-state index in [9.17, 15) is 29.6 Å². The number of carbonyl (C=O) groups excluding carboxylic acids is 1. The number of hydrogen-bond donors (Lipinski definition) is 1. The predicted molar refractivity (Wildman–Crippen MR) is 126 cm³/mol. The van der Waals surface area contributed by atoms with Gasteiger partial charge in [-0.1, -0.05) is 32.1 Å². The Labute approximate surface area is 195 Å². The summed E-state index contributed by atoms with van der Waals surface area (Å²) in [7, 11) is 3.03. The van der Waals surface area contributed by atoms with Gasteiger partial charge in [-0.15, -0.1) is 0 Å². The summed E-state index contributed by atoms with van der Waals surface area (Å²) in [6.45, 7) is 4.00. The zero-order valence-electron chi connectivity index (χ0n) is 19.4. The second-order valence-electron chi connectivity index (χ2n) is 7.27. The minimum Gasteiger partial charge on any atom is -0.481 e.